The molecule has 2 atom stereocenters. The van der Waals surface area contributed by atoms with Crippen LogP contribution >= 0.6 is 11.8 Å². The summed E-state index contributed by atoms with van der Waals surface area (Å²) in [7, 11) is 0. The molecule has 5 heteroatoms. The quantitative estimate of drug-likeness (QED) is 0.813. The van der Waals surface area contributed by atoms with Crippen molar-refractivity contribution in [1.29, 1.82) is 0 Å². The molecule has 2 amide bonds. The lowest BCUT2D eigenvalue weighted by molar-refractivity contribution is -0.141. The highest BCUT2D eigenvalue weighted by molar-refractivity contribution is 8.00. The van der Waals surface area contributed by atoms with Gasteiger partial charge in [-0.25, -0.2) is 0 Å². The summed E-state index contributed by atoms with van der Waals surface area (Å²) in [6, 6.07) is 9.85. The highest BCUT2D eigenvalue weighted by atomic mass is 32.2. The van der Waals surface area contributed by atoms with Crippen molar-refractivity contribution in [1.82, 2.24) is 10.2 Å². The van der Waals surface area contributed by atoms with Crippen LogP contribution in [0.4, 0.5) is 0 Å². The maximum atomic E-state index is 12.7. The van der Waals surface area contributed by atoms with Gasteiger partial charge in [-0.05, 0) is 37.2 Å². The van der Waals surface area contributed by atoms with Crippen molar-refractivity contribution >= 4 is 23.6 Å². The number of rotatable bonds is 7. The zero-order valence-electron chi connectivity index (χ0n) is 15.1. The van der Waals surface area contributed by atoms with Crippen LogP contribution in [0.1, 0.15) is 38.7 Å². The predicted molar refractivity (Wildman–Crippen MR) is 102 cm³/mol. The first kappa shape index (κ1) is 18.3. The molecule has 3 rings (SSSR count). The summed E-state index contributed by atoms with van der Waals surface area (Å²) < 4.78 is 0. The van der Waals surface area contributed by atoms with Gasteiger partial charge in [0.1, 0.15) is 6.04 Å². The lowest BCUT2D eigenvalue weighted by Crippen LogP contribution is -2.50. The maximum Gasteiger partial charge on any atom is 0.243 e. The second kappa shape index (κ2) is 8.26. The number of carbonyl (C=O) groups is 2. The highest BCUT2D eigenvalue weighted by Gasteiger charge is 2.45. The molecule has 1 aliphatic carbocycles. The third-order valence-corrected chi connectivity index (χ3v) is 6.12. The zero-order valence-corrected chi connectivity index (χ0v) is 15.9. The van der Waals surface area contributed by atoms with Crippen LogP contribution in [0.2, 0.25) is 0 Å². The number of amides is 2. The van der Waals surface area contributed by atoms with E-state index < -0.39 is 0 Å². The molecule has 1 heterocycles. The Morgan fingerprint density at radius 2 is 1.96 bits per heavy atom. The van der Waals surface area contributed by atoms with Gasteiger partial charge in [-0.2, -0.15) is 0 Å². The number of hydrogen-bond acceptors (Lipinski definition) is 3. The Hall–Kier alpha value is -1.49. The fourth-order valence-corrected chi connectivity index (χ4v) is 4.93. The predicted octanol–water partition coefficient (Wildman–Crippen LogP) is 3.07. The average molecular weight is 361 g/mol. The molecular formula is C20H28N2O2S. The van der Waals surface area contributed by atoms with Gasteiger partial charge >= 0.3 is 0 Å². The van der Waals surface area contributed by atoms with E-state index in [1.54, 1.807) is 11.8 Å². The fourth-order valence-electron chi connectivity index (χ4n) is 3.28. The van der Waals surface area contributed by atoms with Crippen molar-refractivity contribution in [3.05, 3.63) is 35.9 Å². The summed E-state index contributed by atoms with van der Waals surface area (Å²) in [5.41, 5.74) is 1.21. The maximum absolute atomic E-state index is 12.7. The molecule has 2 aliphatic rings. The molecule has 0 radical (unpaired) electrons. The van der Waals surface area contributed by atoms with Crippen LogP contribution in [0.5, 0.6) is 0 Å². The van der Waals surface area contributed by atoms with Gasteiger partial charge in [0.2, 0.25) is 11.8 Å². The molecular weight excluding hydrogens is 332 g/mol. The molecule has 2 unspecified atom stereocenters. The van der Waals surface area contributed by atoms with Crippen LogP contribution in [0.3, 0.4) is 0 Å². The van der Waals surface area contributed by atoms with Crippen LogP contribution in [0.15, 0.2) is 30.3 Å². The molecule has 1 saturated carbocycles. The molecule has 0 bridgehead atoms. The summed E-state index contributed by atoms with van der Waals surface area (Å²) >= 11 is 1.76. The SMILES string of the molecule is CC(C)CC1SCC(C(=O)NCCc2ccccc2)N1C(=O)C1CC1. The Kier molecular flexibility index (Phi) is 6.05. The van der Waals surface area contributed by atoms with E-state index in [0.29, 0.717) is 18.2 Å². The van der Waals surface area contributed by atoms with E-state index in [1.807, 2.05) is 23.1 Å². The number of benzene rings is 1. The van der Waals surface area contributed by atoms with E-state index >= 15 is 0 Å². The summed E-state index contributed by atoms with van der Waals surface area (Å²) in [5.74, 6) is 1.59. The van der Waals surface area contributed by atoms with Crippen molar-refractivity contribution in [3.63, 3.8) is 0 Å². The molecule has 2 fully saturated rings. The van der Waals surface area contributed by atoms with Crippen LogP contribution in [0.25, 0.3) is 0 Å². The van der Waals surface area contributed by atoms with E-state index in [4.69, 9.17) is 0 Å². The van der Waals surface area contributed by atoms with E-state index in [1.165, 1.54) is 5.56 Å². The summed E-state index contributed by atoms with van der Waals surface area (Å²) in [6.45, 7) is 4.96. The topological polar surface area (TPSA) is 49.4 Å². The van der Waals surface area contributed by atoms with Crippen LogP contribution < -0.4 is 5.32 Å². The standard InChI is InChI=1S/C20H28N2O2S/c1-14(2)12-18-22(20(24)16-8-9-16)17(13-25-18)19(23)21-11-10-15-6-4-3-5-7-15/h3-7,14,16-18H,8-13H2,1-2H3,(H,21,23). The smallest absolute Gasteiger partial charge is 0.243 e. The largest absolute Gasteiger partial charge is 0.354 e. The molecule has 1 aromatic rings. The van der Waals surface area contributed by atoms with Gasteiger partial charge in [-0.15, -0.1) is 11.8 Å². The normalized spacial score (nSPS) is 23.1. The Morgan fingerprint density at radius 3 is 2.60 bits per heavy atom. The highest BCUT2D eigenvalue weighted by Crippen LogP contribution is 2.39. The van der Waals surface area contributed by atoms with Crippen molar-refractivity contribution in [3.8, 4) is 0 Å². The Labute approximate surface area is 154 Å². The van der Waals surface area contributed by atoms with Crippen molar-refractivity contribution in [2.24, 2.45) is 11.8 Å². The molecule has 136 valence electrons. The minimum atomic E-state index is -0.308. The lowest BCUT2D eigenvalue weighted by Gasteiger charge is -2.30. The average Bonchev–Trinajstić information content (AvgIpc) is 3.36. The van der Waals surface area contributed by atoms with Gasteiger partial charge in [0.15, 0.2) is 0 Å². The number of nitrogens with one attached hydrogen (secondary N) is 1. The molecule has 1 aliphatic heterocycles. The van der Waals surface area contributed by atoms with Gasteiger partial charge in [-0.3, -0.25) is 9.59 Å². The molecule has 1 aromatic carbocycles. The first-order valence-corrected chi connectivity index (χ1v) is 10.4. The van der Waals surface area contributed by atoms with Gasteiger partial charge < -0.3 is 10.2 Å². The molecule has 1 saturated heterocycles. The molecule has 4 nitrogen and oxygen atoms in total. The minimum absolute atomic E-state index is 0.00341. The van der Waals surface area contributed by atoms with E-state index in [9.17, 15) is 9.59 Å². The van der Waals surface area contributed by atoms with Crippen molar-refractivity contribution < 1.29 is 9.59 Å². The van der Waals surface area contributed by atoms with Crippen molar-refractivity contribution in [2.75, 3.05) is 12.3 Å². The second-order valence-electron chi connectivity index (χ2n) is 7.48. The van der Waals surface area contributed by atoms with Crippen LogP contribution in [-0.4, -0.2) is 40.4 Å². The number of carbonyl (C=O) groups excluding carboxylic acids is 2. The van der Waals surface area contributed by atoms with Gasteiger partial charge in [0.25, 0.3) is 0 Å². The first-order valence-electron chi connectivity index (χ1n) is 9.31. The Bertz CT molecular complexity index is 601. The summed E-state index contributed by atoms with van der Waals surface area (Å²) in [4.78, 5) is 27.4. The Balaban J connectivity index is 1.58. The number of hydrogen-bond donors (Lipinski definition) is 1. The summed E-state index contributed by atoms with van der Waals surface area (Å²) in [5, 5.41) is 3.20. The van der Waals surface area contributed by atoms with Crippen LogP contribution in [0, 0.1) is 11.8 Å². The zero-order chi connectivity index (χ0) is 17.8. The fraction of sp³-hybridized carbons (Fsp3) is 0.600. The molecule has 0 spiro atoms. The second-order valence-corrected chi connectivity index (χ2v) is 8.69. The minimum Gasteiger partial charge on any atom is -0.354 e. The van der Waals surface area contributed by atoms with E-state index in [-0.39, 0.29) is 29.1 Å². The van der Waals surface area contributed by atoms with Crippen LogP contribution in [-0.2, 0) is 16.0 Å². The van der Waals surface area contributed by atoms with E-state index in [0.717, 1.165) is 25.7 Å². The number of nitrogens with zero attached hydrogens (tertiary/aromatic N) is 1. The van der Waals surface area contributed by atoms with Crippen molar-refractivity contribution in [2.45, 2.75) is 50.9 Å². The molecule has 1 N–H and O–H groups in total. The van der Waals surface area contributed by atoms with Gasteiger partial charge in [0.05, 0.1) is 5.37 Å². The van der Waals surface area contributed by atoms with Gasteiger partial charge in [0, 0.05) is 18.2 Å². The lowest BCUT2D eigenvalue weighted by atomic mass is 10.1. The third kappa shape index (κ3) is 4.78. The first-order chi connectivity index (χ1) is 12.1. The molecule has 0 aromatic heterocycles. The third-order valence-electron chi connectivity index (χ3n) is 4.81. The Morgan fingerprint density at radius 1 is 1.24 bits per heavy atom. The number of thioether (sulfide) groups is 1. The summed E-state index contributed by atoms with van der Waals surface area (Å²) in [6.07, 6.45) is 3.74. The van der Waals surface area contributed by atoms with Gasteiger partial charge in [-0.1, -0.05) is 44.2 Å². The monoisotopic (exact) mass is 360 g/mol. The molecule has 25 heavy (non-hydrogen) atoms. The van der Waals surface area contributed by atoms with E-state index in [2.05, 4.69) is 31.3 Å².